The highest BCUT2D eigenvalue weighted by atomic mass is 16.6. The number of anilines is 1. The number of nitrogens with two attached hydrogens (primary N) is 1. The lowest BCUT2D eigenvalue weighted by Gasteiger charge is -2.22. The molecule has 2 N–H and O–H groups in total. The maximum Gasteiger partial charge on any atom is 0.270 e. The summed E-state index contributed by atoms with van der Waals surface area (Å²) >= 11 is 0. The Labute approximate surface area is 116 Å². The third-order valence-electron chi connectivity index (χ3n) is 2.86. The summed E-state index contributed by atoms with van der Waals surface area (Å²) in [5, 5.41) is 19.5. The van der Waals surface area contributed by atoms with Crippen molar-refractivity contribution in [2.45, 2.75) is 13.8 Å². The monoisotopic (exact) mass is 276 g/mol. The van der Waals surface area contributed by atoms with E-state index in [0.29, 0.717) is 6.54 Å². The SMILES string of the molecule is CCN(CC(C)C#N)C(=O)c1cc([N+](=O)[O-])ccc1N. The Morgan fingerprint density at radius 1 is 1.60 bits per heavy atom. The topological polar surface area (TPSA) is 113 Å². The van der Waals surface area contributed by atoms with Gasteiger partial charge in [0.15, 0.2) is 0 Å². The molecule has 0 aromatic heterocycles. The molecular formula is C13H16N4O3. The molecule has 0 spiro atoms. The number of non-ortho nitro benzene ring substituents is 1. The van der Waals surface area contributed by atoms with Crippen molar-refractivity contribution in [1.29, 1.82) is 5.26 Å². The molecule has 0 heterocycles. The summed E-state index contributed by atoms with van der Waals surface area (Å²) in [5.74, 6) is -0.727. The molecule has 1 rings (SSSR count). The Morgan fingerprint density at radius 2 is 2.25 bits per heavy atom. The van der Waals surface area contributed by atoms with Crippen molar-refractivity contribution in [3.63, 3.8) is 0 Å². The number of nitrogens with zero attached hydrogens (tertiary/aromatic N) is 3. The van der Waals surface area contributed by atoms with E-state index in [9.17, 15) is 14.9 Å². The van der Waals surface area contributed by atoms with Crippen LogP contribution in [0.4, 0.5) is 11.4 Å². The van der Waals surface area contributed by atoms with Gasteiger partial charge in [-0.3, -0.25) is 14.9 Å². The van der Waals surface area contributed by atoms with Gasteiger partial charge in [0.1, 0.15) is 0 Å². The number of nitro groups is 1. The Kier molecular flexibility index (Phi) is 5.03. The summed E-state index contributed by atoms with van der Waals surface area (Å²) in [6.45, 7) is 4.13. The van der Waals surface area contributed by atoms with Crippen LogP contribution in [-0.2, 0) is 0 Å². The largest absolute Gasteiger partial charge is 0.398 e. The number of rotatable bonds is 5. The number of nitrogen functional groups attached to an aromatic ring is 1. The number of benzene rings is 1. The second kappa shape index (κ2) is 6.52. The van der Waals surface area contributed by atoms with E-state index in [-0.39, 0.29) is 29.4 Å². The molecule has 7 heteroatoms. The van der Waals surface area contributed by atoms with Gasteiger partial charge in [-0.1, -0.05) is 0 Å². The van der Waals surface area contributed by atoms with Crippen LogP contribution in [0.2, 0.25) is 0 Å². The first-order chi connectivity index (χ1) is 9.40. The van der Waals surface area contributed by atoms with Crippen LogP contribution in [0.25, 0.3) is 0 Å². The number of nitro benzene ring substituents is 1. The second-order valence-electron chi connectivity index (χ2n) is 4.40. The zero-order valence-electron chi connectivity index (χ0n) is 11.4. The normalized spacial score (nSPS) is 11.4. The number of nitriles is 1. The van der Waals surface area contributed by atoms with Crippen LogP contribution in [0.1, 0.15) is 24.2 Å². The summed E-state index contributed by atoms with van der Waals surface area (Å²) < 4.78 is 0. The van der Waals surface area contributed by atoms with Gasteiger partial charge in [0.2, 0.25) is 0 Å². The Bertz CT molecular complexity index is 565. The average molecular weight is 276 g/mol. The molecule has 0 aliphatic rings. The zero-order chi connectivity index (χ0) is 15.3. The van der Waals surface area contributed by atoms with E-state index in [2.05, 4.69) is 0 Å². The molecule has 1 atom stereocenters. The third kappa shape index (κ3) is 3.45. The number of hydrogen-bond acceptors (Lipinski definition) is 5. The molecule has 0 saturated carbocycles. The molecule has 0 fully saturated rings. The summed E-state index contributed by atoms with van der Waals surface area (Å²) in [7, 11) is 0. The molecule has 0 aliphatic carbocycles. The van der Waals surface area contributed by atoms with Crippen molar-refractivity contribution in [2.24, 2.45) is 5.92 Å². The van der Waals surface area contributed by atoms with Crippen LogP contribution in [0.5, 0.6) is 0 Å². The summed E-state index contributed by atoms with van der Waals surface area (Å²) in [4.78, 5) is 24.0. The molecule has 0 aliphatic heterocycles. The minimum absolute atomic E-state index is 0.0891. The van der Waals surface area contributed by atoms with Crippen LogP contribution in [0.3, 0.4) is 0 Å². The molecule has 0 radical (unpaired) electrons. The quantitative estimate of drug-likeness (QED) is 0.500. The molecule has 7 nitrogen and oxygen atoms in total. The third-order valence-corrected chi connectivity index (χ3v) is 2.86. The van der Waals surface area contributed by atoms with E-state index in [4.69, 9.17) is 11.0 Å². The van der Waals surface area contributed by atoms with E-state index >= 15 is 0 Å². The smallest absolute Gasteiger partial charge is 0.270 e. The van der Waals surface area contributed by atoms with Crippen molar-refractivity contribution in [3.8, 4) is 6.07 Å². The number of carbonyl (C=O) groups excluding carboxylic acids is 1. The zero-order valence-corrected chi connectivity index (χ0v) is 11.4. The highest BCUT2D eigenvalue weighted by molar-refractivity contribution is 5.99. The summed E-state index contributed by atoms with van der Waals surface area (Å²) in [6, 6.07) is 5.80. The lowest BCUT2D eigenvalue weighted by molar-refractivity contribution is -0.384. The van der Waals surface area contributed by atoms with E-state index < -0.39 is 10.8 Å². The molecule has 20 heavy (non-hydrogen) atoms. The Hall–Kier alpha value is -2.62. The van der Waals surface area contributed by atoms with Crippen LogP contribution >= 0.6 is 0 Å². The van der Waals surface area contributed by atoms with E-state index in [1.807, 2.05) is 6.07 Å². The van der Waals surface area contributed by atoms with Crippen molar-refractivity contribution in [3.05, 3.63) is 33.9 Å². The fraction of sp³-hybridized carbons (Fsp3) is 0.385. The molecule has 0 bridgehead atoms. The van der Waals surface area contributed by atoms with Crippen LogP contribution < -0.4 is 5.73 Å². The maximum absolute atomic E-state index is 12.3. The molecule has 1 unspecified atom stereocenters. The highest BCUT2D eigenvalue weighted by Crippen LogP contribution is 2.21. The molecule has 106 valence electrons. The van der Waals surface area contributed by atoms with E-state index in [0.717, 1.165) is 6.07 Å². The van der Waals surface area contributed by atoms with Crippen LogP contribution in [-0.4, -0.2) is 28.8 Å². The van der Waals surface area contributed by atoms with E-state index in [1.54, 1.807) is 13.8 Å². The molecule has 1 amide bonds. The Morgan fingerprint density at radius 3 is 2.75 bits per heavy atom. The molecule has 1 aromatic carbocycles. The van der Waals surface area contributed by atoms with Gasteiger partial charge in [-0.2, -0.15) is 5.26 Å². The number of amides is 1. The average Bonchev–Trinajstić information content (AvgIpc) is 2.43. The van der Waals surface area contributed by atoms with E-state index in [1.165, 1.54) is 17.0 Å². The first kappa shape index (κ1) is 15.4. The van der Waals surface area contributed by atoms with Gasteiger partial charge in [0.05, 0.1) is 22.5 Å². The first-order valence-corrected chi connectivity index (χ1v) is 6.13. The van der Waals surface area contributed by atoms with Gasteiger partial charge in [-0.25, -0.2) is 0 Å². The van der Waals surface area contributed by atoms with Crippen LogP contribution in [0, 0.1) is 27.4 Å². The van der Waals surface area contributed by atoms with Gasteiger partial charge >= 0.3 is 0 Å². The predicted molar refractivity (Wildman–Crippen MR) is 73.9 cm³/mol. The van der Waals surface area contributed by atoms with Crippen molar-refractivity contribution >= 4 is 17.3 Å². The fourth-order valence-electron chi connectivity index (χ4n) is 1.74. The lowest BCUT2D eigenvalue weighted by atomic mass is 10.1. The van der Waals surface area contributed by atoms with Gasteiger partial charge in [0, 0.05) is 30.9 Å². The first-order valence-electron chi connectivity index (χ1n) is 6.13. The minimum atomic E-state index is -0.579. The number of hydrogen-bond donors (Lipinski definition) is 1. The molecular weight excluding hydrogens is 260 g/mol. The minimum Gasteiger partial charge on any atom is -0.398 e. The standard InChI is InChI=1S/C13H16N4O3/c1-3-16(8-9(2)7-14)13(18)11-6-10(17(19)20)4-5-12(11)15/h4-6,9H,3,8,15H2,1-2H3. The fourth-order valence-corrected chi connectivity index (χ4v) is 1.74. The predicted octanol–water partition coefficient (Wildman–Crippen LogP) is 1.80. The van der Waals surface area contributed by atoms with Crippen molar-refractivity contribution in [2.75, 3.05) is 18.8 Å². The Balaban J connectivity index is 3.09. The lowest BCUT2D eigenvalue weighted by Crippen LogP contribution is -2.34. The highest BCUT2D eigenvalue weighted by Gasteiger charge is 2.21. The summed E-state index contributed by atoms with van der Waals surface area (Å²) in [6.07, 6.45) is 0. The van der Waals surface area contributed by atoms with Crippen molar-refractivity contribution < 1.29 is 9.72 Å². The number of carbonyl (C=O) groups is 1. The van der Waals surface area contributed by atoms with Gasteiger partial charge in [0.25, 0.3) is 11.6 Å². The van der Waals surface area contributed by atoms with Gasteiger partial charge < -0.3 is 10.6 Å². The van der Waals surface area contributed by atoms with Gasteiger partial charge in [-0.15, -0.1) is 0 Å². The van der Waals surface area contributed by atoms with Crippen molar-refractivity contribution in [1.82, 2.24) is 4.90 Å². The maximum atomic E-state index is 12.3. The second-order valence-corrected chi connectivity index (χ2v) is 4.40. The molecule has 1 aromatic rings. The van der Waals surface area contributed by atoms with Crippen LogP contribution in [0.15, 0.2) is 18.2 Å². The van der Waals surface area contributed by atoms with Gasteiger partial charge in [-0.05, 0) is 19.9 Å². The summed E-state index contributed by atoms with van der Waals surface area (Å²) in [5.41, 5.74) is 5.80. The molecule has 0 saturated heterocycles.